The fraction of sp³-hybridized carbons (Fsp3) is 0.500. The smallest absolute Gasteiger partial charge is 0.213 e. The van der Waals surface area contributed by atoms with Crippen LogP contribution in [-0.4, -0.2) is 11.6 Å². The monoisotopic (exact) mass is 323 g/mol. The van der Waals surface area contributed by atoms with E-state index < -0.39 is 0 Å². The SMILES string of the molecule is CCCCCCCCCOc1ccc2c(n1)CCc1ccccc1-2. The van der Waals surface area contributed by atoms with Crippen molar-refractivity contribution in [2.45, 2.75) is 64.7 Å². The number of rotatable bonds is 9. The number of aromatic nitrogens is 1. The first kappa shape index (κ1) is 17.0. The van der Waals surface area contributed by atoms with Gasteiger partial charge in [-0.05, 0) is 36.5 Å². The standard InChI is InChI=1S/C22H29NO/c1-2-3-4-5-6-7-10-17-24-22-16-14-20-19-12-9-8-11-18(19)13-15-21(20)23-22/h8-9,11-12,14,16H,2-7,10,13,15,17H2,1H3. The predicted molar refractivity (Wildman–Crippen MR) is 101 cm³/mol. The van der Waals surface area contributed by atoms with E-state index in [1.54, 1.807) is 0 Å². The average Bonchev–Trinajstić information content (AvgIpc) is 2.63. The van der Waals surface area contributed by atoms with Crippen molar-refractivity contribution < 1.29 is 4.74 Å². The van der Waals surface area contributed by atoms with E-state index in [1.165, 1.54) is 60.9 Å². The number of aryl methyl sites for hydroxylation is 2. The zero-order valence-electron chi connectivity index (χ0n) is 14.9. The Morgan fingerprint density at radius 1 is 0.833 bits per heavy atom. The number of fused-ring (bicyclic) bond motifs is 3. The van der Waals surface area contributed by atoms with Crippen LogP contribution in [0.15, 0.2) is 36.4 Å². The number of hydrogen-bond acceptors (Lipinski definition) is 2. The minimum absolute atomic E-state index is 0.788. The van der Waals surface area contributed by atoms with Crippen molar-refractivity contribution in [1.29, 1.82) is 0 Å². The van der Waals surface area contributed by atoms with Gasteiger partial charge >= 0.3 is 0 Å². The third kappa shape index (κ3) is 4.37. The summed E-state index contributed by atoms with van der Waals surface area (Å²) >= 11 is 0. The third-order valence-corrected chi connectivity index (χ3v) is 4.89. The van der Waals surface area contributed by atoms with Gasteiger partial charge in [-0.1, -0.05) is 69.7 Å². The molecule has 1 aromatic carbocycles. The van der Waals surface area contributed by atoms with Gasteiger partial charge in [-0.2, -0.15) is 0 Å². The molecule has 0 N–H and O–H groups in total. The van der Waals surface area contributed by atoms with E-state index in [9.17, 15) is 0 Å². The Hall–Kier alpha value is -1.83. The molecule has 2 heteroatoms. The molecule has 24 heavy (non-hydrogen) atoms. The minimum Gasteiger partial charge on any atom is -0.478 e. The van der Waals surface area contributed by atoms with Crippen LogP contribution in [0.25, 0.3) is 11.1 Å². The lowest BCUT2D eigenvalue weighted by Crippen LogP contribution is -2.07. The zero-order valence-corrected chi connectivity index (χ0v) is 14.9. The van der Waals surface area contributed by atoms with Crippen molar-refractivity contribution in [2.24, 2.45) is 0 Å². The van der Waals surface area contributed by atoms with Crippen molar-refractivity contribution in [3.63, 3.8) is 0 Å². The molecule has 0 saturated heterocycles. The molecule has 0 amide bonds. The van der Waals surface area contributed by atoms with Crippen molar-refractivity contribution in [1.82, 2.24) is 4.98 Å². The first-order valence-corrected chi connectivity index (χ1v) is 9.59. The second-order valence-corrected chi connectivity index (χ2v) is 6.77. The minimum atomic E-state index is 0.788. The maximum absolute atomic E-state index is 5.88. The van der Waals surface area contributed by atoms with Crippen LogP contribution in [0.5, 0.6) is 5.88 Å². The number of nitrogens with zero attached hydrogens (tertiary/aromatic N) is 1. The molecule has 1 aliphatic carbocycles. The molecule has 0 bridgehead atoms. The highest BCUT2D eigenvalue weighted by Crippen LogP contribution is 2.33. The van der Waals surface area contributed by atoms with E-state index in [1.807, 2.05) is 6.07 Å². The second kappa shape index (κ2) is 8.86. The molecule has 0 unspecified atom stereocenters. The van der Waals surface area contributed by atoms with Crippen molar-refractivity contribution in [2.75, 3.05) is 6.61 Å². The highest BCUT2D eigenvalue weighted by atomic mass is 16.5. The Labute approximate surface area is 146 Å². The van der Waals surface area contributed by atoms with Crippen LogP contribution in [0.3, 0.4) is 0 Å². The van der Waals surface area contributed by atoms with Crippen LogP contribution in [0.1, 0.15) is 63.1 Å². The summed E-state index contributed by atoms with van der Waals surface area (Å²) in [4.78, 5) is 4.75. The number of ether oxygens (including phenoxy) is 1. The van der Waals surface area contributed by atoms with Crippen LogP contribution in [-0.2, 0) is 12.8 Å². The Balaban J connectivity index is 1.47. The van der Waals surface area contributed by atoms with E-state index in [2.05, 4.69) is 37.3 Å². The molecule has 1 heterocycles. The number of pyridine rings is 1. The van der Waals surface area contributed by atoms with Crippen LogP contribution >= 0.6 is 0 Å². The van der Waals surface area contributed by atoms with E-state index >= 15 is 0 Å². The highest BCUT2D eigenvalue weighted by molar-refractivity contribution is 5.71. The molecule has 0 atom stereocenters. The van der Waals surface area contributed by atoms with Gasteiger partial charge in [0.1, 0.15) is 0 Å². The fourth-order valence-corrected chi connectivity index (χ4v) is 3.49. The molecule has 0 fully saturated rings. The van der Waals surface area contributed by atoms with Gasteiger partial charge in [-0.15, -0.1) is 0 Å². The predicted octanol–water partition coefficient (Wildman–Crippen LogP) is 5.98. The molecular weight excluding hydrogens is 294 g/mol. The summed E-state index contributed by atoms with van der Waals surface area (Å²) in [6.07, 6.45) is 11.3. The molecule has 128 valence electrons. The molecule has 0 radical (unpaired) electrons. The molecule has 0 aliphatic heterocycles. The molecule has 0 spiro atoms. The van der Waals surface area contributed by atoms with Gasteiger partial charge in [-0.3, -0.25) is 0 Å². The Morgan fingerprint density at radius 2 is 1.62 bits per heavy atom. The molecular formula is C22H29NO. The van der Waals surface area contributed by atoms with Crippen LogP contribution < -0.4 is 4.74 Å². The molecule has 0 saturated carbocycles. The molecule has 1 aromatic heterocycles. The Kier molecular flexibility index (Phi) is 6.28. The van der Waals surface area contributed by atoms with Gasteiger partial charge in [0.25, 0.3) is 0 Å². The summed E-state index contributed by atoms with van der Waals surface area (Å²) in [7, 11) is 0. The molecule has 1 aliphatic rings. The van der Waals surface area contributed by atoms with Gasteiger partial charge in [-0.25, -0.2) is 4.98 Å². The van der Waals surface area contributed by atoms with Crippen LogP contribution in [0, 0.1) is 0 Å². The largest absolute Gasteiger partial charge is 0.478 e. The summed E-state index contributed by atoms with van der Waals surface area (Å²) in [5.74, 6) is 0.791. The van der Waals surface area contributed by atoms with E-state index in [4.69, 9.17) is 9.72 Å². The summed E-state index contributed by atoms with van der Waals surface area (Å²) in [5, 5.41) is 0. The highest BCUT2D eigenvalue weighted by Gasteiger charge is 2.17. The zero-order chi connectivity index (χ0) is 16.6. The maximum Gasteiger partial charge on any atom is 0.213 e. The van der Waals surface area contributed by atoms with E-state index in [0.717, 1.165) is 31.7 Å². The summed E-state index contributed by atoms with van der Waals surface area (Å²) < 4.78 is 5.88. The van der Waals surface area contributed by atoms with E-state index in [0.29, 0.717) is 0 Å². The lowest BCUT2D eigenvalue weighted by molar-refractivity contribution is 0.292. The summed E-state index contributed by atoms with van der Waals surface area (Å²) in [6, 6.07) is 12.9. The van der Waals surface area contributed by atoms with Crippen LogP contribution in [0.4, 0.5) is 0 Å². The van der Waals surface area contributed by atoms with Crippen molar-refractivity contribution in [3.8, 4) is 17.0 Å². The van der Waals surface area contributed by atoms with Crippen molar-refractivity contribution in [3.05, 3.63) is 47.7 Å². The topological polar surface area (TPSA) is 22.1 Å². The lowest BCUT2D eigenvalue weighted by atomic mass is 9.89. The quantitative estimate of drug-likeness (QED) is 0.530. The first-order chi connectivity index (χ1) is 11.9. The van der Waals surface area contributed by atoms with Gasteiger partial charge in [0, 0.05) is 11.6 Å². The Morgan fingerprint density at radius 3 is 2.50 bits per heavy atom. The lowest BCUT2D eigenvalue weighted by Gasteiger charge is -2.19. The number of benzene rings is 1. The fourth-order valence-electron chi connectivity index (χ4n) is 3.49. The Bertz CT molecular complexity index is 650. The van der Waals surface area contributed by atoms with Gasteiger partial charge in [0.15, 0.2) is 0 Å². The number of hydrogen-bond donors (Lipinski definition) is 0. The van der Waals surface area contributed by atoms with Gasteiger partial charge in [0.2, 0.25) is 5.88 Å². The van der Waals surface area contributed by atoms with Crippen molar-refractivity contribution >= 4 is 0 Å². The van der Waals surface area contributed by atoms with Gasteiger partial charge in [0.05, 0.1) is 12.3 Å². The summed E-state index contributed by atoms with van der Waals surface area (Å²) in [6.45, 7) is 3.05. The van der Waals surface area contributed by atoms with Crippen LogP contribution in [0.2, 0.25) is 0 Å². The third-order valence-electron chi connectivity index (χ3n) is 4.89. The van der Waals surface area contributed by atoms with E-state index in [-0.39, 0.29) is 0 Å². The molecule has 3 rings (SSSR count). The molecule has 2 nitrogen and oxygen atoms in total. The average molecular weight is 323 g/mol. The second-order valence-electron chi connectivity index (χ2n) is 6.77. The number of unbranched alkanes of at least 4 members (excludes halogenated alkanes) is 6. The normalized spacial score (nSPS) is 12.5. The summed E-state index contributed by atoms with van der Waals surface area (Å²) in [5.41, 5.74) is 5.24. The first-order valence-electron chi connectivity index (χ1n) is 9.59. The maximum atomic E-state index is 5.88. The molecule has 2 aromatic rings. The van der Waals surface area contributed by atoms with Gasteiger partial charge < -0.3 is 4.74 Å².